The van der Waals surface area contributed by atoms with Crippen LogP contribution in [0.25, 0.3) is 0 Å². The van der Waals surface area contributed by atoms with Gasteiger partial charge in [-0.25, -0.2) is 4.39 Å². The van der Waals surface area contributed by atoms with Crippen molar-refractivity contribution in [3.63, 3.8) is 0 Å². The van der Waals surface area contributed by atoms with Gasteiger partial charge < -0.3 is 5.32 Å². The van der Waals surface area contributed by atoms with Crippen LogP contribution in [0.3, 0.4) is 0 Å². The molecular formula is C21H25FN2O. The molecule has 0 bridgehead atoms. The number of piperidine rings is 1. The summed E-state index contributed by atoms with van der Waals surface area (Å²) in [6, 6.07) is 12.7. The van der Waals surface area contributed by atoms with Crippen LogP contribution in [0.5, 0.6) is 0 Å². The number of carbonyl (C=O) groups excluding carboxylic acids is 1. The van der Waals surface area contributed by atoms with E-state index in [1.165, 1.54) is 12.1 Å². The molecule has 1 heterocycles. The third kappa shape index (κ3) is 4.89. The Morgan fingerprint density at radius 2 is 1.84 bits per heavy atom. The van der Waals surface area contributed by atoms with Crippen LogP contribution >= 0.6 is 0 Å². The van der Waals surface area contributed by atoms with Crippen molar-refractivity contribution in [2.24, 2.45) is 5.92 Å². The van der Waals surface area contributed by atoms with Crippen molar-refractivity contribution in [2.75, 3.05) is 18.4 Å². The topological polar surface area (TPSA) is 32.3 Å². The zero-order valence-corrected chi connectivity index (χ0v) is 14.9. The highest BCUT2D eigenvalue weighted by Gasteiger charge is 2.25. The first-order chi connectivity index (χ1) is 12.0. The van der Waals surface area contributed by atoms with Crippen LogP contribution in [0.4, 0.5) is 10.1 Å². The summed E-state index contributed by atoms with van der Waals surface area (Å²) in [5.41, 5.74) is 4.25. The zero-order valence-electron chi connectivity index (χ0n) is 14.9. The van der Waals surface area contributed by atoms with Crippen molar-refractivity contribution < 1.29 is 9.18 Å². The molecule has 2 aromatic rings. The molecule has 0 spiro atoms. The molecule has 0 aliphatic carbocycles. The van der Waals surface area contributed by atoms with Gasteiger partial charge in [0.05, 0.1) is 5.92 Å². The van der Waals surface area contributed by atoms with Gasteiger partial charge >= 0.3 is 0 Å². The van der Waals surface area contributed by atoms with Gasteiger partial charge in [0, 0.05) is 18.8 Å². The Kier molecular flexibility index (Phi) is 5.49. The Morgan fingerprint density at radius 1 is 1.16 bits per heavy atom. The summed E-state index contributed by atoms with van der Waals surface area (Å²) < 4.78 is 13.0. The summed E-state index contributed by atoms with van der Waals surface area (Å²) in [6.45, 7) is 6.55. The lowest BCUT2D eigenvalue weighted by molar-refractivity contribution is -0.121. The van der Waals surface area contributed by atoms with E-state index in [4.69, 9.17) is 0 Å². The van der Waals surface area contributed by atoms with E-state index in [9.17, 15) is 9.18 Å². The molecule has 1 fully saturated rings. The molecule has 1 saturated heterocycles. The van der Waals surface area contributed by atoms with E-state index in [1.807, 2.05) is 38.1 Å². The normalized spacial score (nSPS) is 18.1. The number of halogens is 1. The number of nitrogens with one attached hydrogen (secondary N) is 1. The van der Waals surface area contributed by atoms with Crippen LogP contribution in [0.2, 0.25) is 0 Å². The molecule has 3 rings (SSSR count). The molecule has 0 saturated carbocycles. The molecule has 1 aliphatic heterocycles. The van der Waals surface area contributed by atoms with E-state index in [0.717, 1.165) is 54.9 Å². The monoisotopic (exact) mass is 340 g/mol. The summed E-state index contributed by atoms with van der Waals surface area (Å²) in [7, 11) is 0. The SMILES string of the molecule is Cc1cc(C)cc(NC(=O)C2CCCN(Cc3ccc(F)cc3)C2)c1. The van der Waals surface area contributed by atoms with Crippen LogP contribution in [0.15, 0.2) is 42.5 Å². The van der Waals surface area contributed by atoms with E-state index in [0.29, 0.717) is 0 Å². The second kappa shape index (κ2) is 7.79. The lowest BCUT2D eigenvalue weighted by Gasteiger charge is -2.32. The Morgan fingerprint density at radius 3 is 2.52 bits per heavy atom. The van der Waals surface area contributed by atoms with E-state index < -0.39 is 0 Å². The van der Waals surface area contributed by atoms with E-state index in [-0.39, 0.29) is 17.6 Å². The fraction of sp³-hybridized carbons (Fsp3) is 0.381. The quantitative estimate of drug-likeness (QED) is 0.900. The molecule has 1 aliphatic rings. The summed E-state index contributed by atoms with van der Waals surface area (Å²) in [4.78, 5) is 14.9. The van der Waals surface area contributed by atoms with Crippen molar-refractivity contribution in [3.05, 3.63) is 65.0 Å². The first-order valence-electron chi connectivity index (χ1n) is 8.85. The Labute approximate surface area is 148 Å². The van der Waals surface area contributed by atoms with E-state index in [2.05, 4.69) is 16.3 Å². The summed E-state index contributed by atoms with van der Waals surface area (Å²) in [5.74, 6) is -0.128. The standard InChI is InChI=1S/C21H25FN2O/c1-15-10-16(2)12-20(11-15)23-21(25)18-4-3-9-24(14-18)13-17-5-7-19(22)8-6-17/h5-8,10-12,18H,3-4,9,13-14H2,1-2H3,(H,23,25). The second-order valence-corrected chi connectivity index (χ2v) is 7.07. The number of hydrogen-bond donors (Lipinski definition) is 1. The van der Waals surface area contributed by atoms with Crippen molar-refractivity contribution in [1.82, 2.24) is 4.90 Å². The average Bonchev–Trinajstić information content (AvgIpc) is 2.56. The molecule has 1 N–H and O–H groups in total. The van der Waals surface area contributed by atoms with Crippen LogP contribution in [0.1, 0.15) is 29.5 Å². The summed E-state index contributed by atoms with van der Waals surface area (Å²) >= 11 is 0. The number of carbonyl (C=O) groups is 1. The number of rotatable bonds is 4. The van der Waals surface area contributed by atoms with E-state index in [1.54, 1.807) is 0 Å². The number of nitrogens with zero attached hydrogens (tertiary/aromatic N) is 1. The molecular weight excluding hydrogens is 315 g/mol. The molecule has 132 valence electrons. The van der Waals surface area contributed by atoms with Gasteiger partial charge in [-0.15, -0.1) is 0 Å². The van der Waals surface area contributed by atoms with Gasteiger partial charge in [0.15, 0.2) is 0 Å². The van der Waals surface area contributed by atoms with Gasteiger partial charge in [0.1, 0.15) is 5.82 Å². The van der Waals surface area contributed by atoms with Gasteiger partial charge in [-0.1, -0.05) is 18.2 Å². The van der Waals surface area contributed by atoms with Crippen LogP contribution in [-0.4, -0.2) is 23.9 Å². The Balaban J connectivity index is 1.60. The lowest BCUT2D eigenvalue weighted by Crippen LogP contribution is -2.40. The summed E-state index contributed by atoms with van der Waals surface area (Å²) in [5, 5.41) is 3.07. The van der Waals surface area contributed by atoms with E-state index >= 15 is 0 Å². The first kappa shape index (κ1) is 17.6. The van der Waals surface area contributed by atoms with Crippen molar-refractivity contribution in [2.45, 2.75) is 33.2 Å². The number of aryl methyl sites for hydroxylation is 2. The predicted octanol–water partition coefficient (Wildman–Crippen LogP) is 4.29. The maximum atomic E-state index is 13.0. The Hall–Kier alpha value is -2.20. The number of hydrogen-bond acceptors (Lipinski definition) is 2. The van der Waals surface area contributed by atoms with Gasteiger partial charge in [-0.3, -0.25) is 9.69 Å². The molecule has 1 unspecified atom stereocenters. The second-order valence-electron chi connectivity index (χ2n) is 7.07. The Bertz CT molecular complexity index is 722. The fourth-order valence-corrected chi connectivity index (χ4v) is 3.55. The van der Waals surface area contributed by atoms with Crippen molar-refractivity contribution >= 4 is 11.6 Å². The maximum absolute atomic E-state index is 13.0. The summed E-state index contributed by atoms with van der Waals surface area (Å²) in [6.07, 6.45) is 1.92. The van der Waals surface area contributed by atoms with Crippen LogP contribution < -0.4 is 5.32 Å². The molecule has 2 aromatic carbocycles. The maximum Gasteiger partial charge on any atom is 0.228 e. The first-order valence-corrected chi connectivity index (χ1v) is 8.85. The van der Waals surface area contributed by atoms with Crippen LogP contribution in [0, 0.1) is 25.6 Å². The average molecular weight is 340 g/mol. The number of likely N-dealkylation sites (tertiary alicyclic amines) is 1. The number of anilines is 1. The minimum atomic E-state index is -0.215. The molecule has 25 heavy (non-hydrogen) atoms. The molecule has 0 radical (unpaired) electrons. The molecule has 0 aromatic heterocycles. The van der Waals surface area contributed by atoms with Gasteiger partial charge in [0.25, 0.3) is 0 Å². The zero-order chi connectivity index (χ0) is 17.8. The highest BCUT2D eigenvalue weighted by molar-refractivity contribution is 5.92. The predicted molar refractivity (Wildman–Crippen MR) is 98.9 cm³/mol. The number of amides is 1. The highest BCUT2D eigenvalue weighted by Crippen LogP contribution is 2.21. The largest absolute Gasteiger partial charge is 0.326 e. The molecule has 1 atom stereocenters. The third-order valence-corrected chi connectivity index (χ3v) is 4.68. The fourth-order valence-electron chi connectivity index (χ4n) is 3.55. The smallest absolute Gasteiger partial charge is 0.228 e. The molecule has 4 heteroatoms. The van der Waals surface area contributed by atoms with Gasteiger partial charge in [0.2, 0.25) is 5.91 Å². The third-order valence-electron chi connectivity index (χ3n) is 4.68. The minimum absolute atomic E-state index is 0.00461. The van der Waals surface area contributed by atoms with Crippen molar-refractivity contribution in [3.8, 4) is 0 Å². The van der Waals surface area contributed by atoms with Gasteiger partial charge in [-0.05, 0) is 74.2 Å². The van der Waals surface area contributed by atoms with Gasteiger partial charge in [-0.2, -0.15) is 0 Å². The lowest BCUT2D eigenvalue weighted by atomic mass is 9.96. The molecule has 1 amide bonds. The molecule has 3 nitrogen and oxygen atoms in total. The van der Waals surface area contributed by atoms with Crippen LogP contribution in [-0.2, 0) is 11.3 Å². The van der Waals surface area contributed by atoms with Crippen molar-refractivity contribution in [1.29, 1.82) is 0 Å². The number of benzene rings is 2. The highest BCUT2D eigenvalue weighted by atomic mass is 19.1. The minimum Gasteiger partial charge on any atom is -0.326 e.